The fourth-order valence-electron chi connectivity index (χ4n) is 3.80. The number of methoxy groups -OCH3 is 2. The van der Waals surface area contributed by atoms with Crippen molar-refractivity contribution in [1.29, 1.82) is 0 Å². The number of morpholine rings is 1. The number of para-hydroxylation sites is 2. The lowest BCUT2D eigenvalue weighted by molar-refractivity contribution is -0.127. The first-order valence-corrected chi connectivity index (χ1v) is 12.7. The van der Waals surface area contributed by atoms with E-state index >= 15 is 0 Å². The van der Waals surface area contributed by atoms with E-state index < -0.39 is 17.1 Å². The van der Waals surface area contributed by atoms with E-state index in [2.05, 4.69) is 32.8 Å². The van der Waals surface area contributed by atoms with Crippen molar-refractivity contribution in [3.8, 4) is 11.5 Å². The maximum atomic E-state index is 12.9. The third kappa shape index (κ3) is 5.73. The van der Waals surface area contributed by atoms with Gasteiger partial charge < -0.3 is 24.4 Å². The molecule has 2 saturated heterocycles. The third-order valence-electron chi connectivity index (χ3n) is 5.46. The summed E-state index contributed by atoms with van der Waals surface area (Å²) in [6, 6.07) is 11.0. The number of carbonyl (C=O) groups is 3. The van der Waals surface area contributed by atoms with Gasteiger partial charge in [0.25, 0.3) is 11.1 Å². The maximum Gasteiger partial charge on any atom is 0.294 e. The smallest absolute Gasteiger partial charge is 0.294 e. The summed E-state index contributed by atoms with van der Waals surface area (Å²) in [6.45, 7) is 2.30. The summed E-state index contributed by atoms with van der Waals surface area (Å²) in [5.74, 6) is 0.145. The lowest BCUT2D eigenvalue weighted by Gasteiger charge is -2.30. The van der Waals surface area contributed by atoms with Gasteiger partial charge >= 0.3 is 0 Å². The van der Waals surface area contributed by atoms with Crippen molar-refractivity contribution in [3.63, 3.8) is 0 Å². The number of imide groups is 1. The Balaban J connectivity index is 1.47. The Morgan fingerprint density at radius 1 is 1.17 bits per heavy atom. The van der Waals surface area contributed by atoms with Gasteiger partial charge in [0.05, 0.1) is 47.3 Å². The molecule has 0 bridgehead atoms. The van der Waals surface area contributed by atoms with Crippen LogP contribution in [0.5, 0.6) is 11.5 Å². The number of anilines is 2. The molecule has 0 aromatic heterocycles. The maximum absolute atomic E-state index is 12.9. The van der Waals surface area contributed by atoms with Gasteiger partial charge in [-0.15, -0.1) is 0 Å². The van der Waals surface area contributed by atoms with Crippen LogP contribution < -0.4 is 19.7 Å². The van der Waals surface area contributed by atoms with Crippen LogP contribution in [-0.4, -0.2) is 69.0 Å². The minimum Gasteiger partial charge on any atom is -0.493 e. The van der Waals surface area contributed by atoms with Gasteiger partial charge in [0.1, 0.15) is 6.54 Å². The van der Waals surface area contributed by atoms with Crippen molar-refractivity contribution in [2.24, 2.45) is 0 Å². The lowest BCUT2D eigenvalue weighted by atomic mass is 10.2. The van der Waals surface area contributed by atoms with Crippen molar-refractivity contribution in [3.05, 3.63) is 50.4 Å². The Morgan fingerprint density at radius 2 is 1.91 bits per heavy atom. The summed E-state index contributed by atoms with van der Waals surface area (Å²) in [7, 11) is 3.08. The highest BCUT2D eigenvalue weighted by molar-refractivity contribution is 14.1. The minimum atomic E-state index is -0.513. The Labute approximate surface area is 220 Å². The molecule has 1 N–H and O–H groups in total. The average Bonchev–Trinajstić information content (AvgIpc) is 3.11. The van der Waals surface area contributed by atoms with Gasteiger partial charge in [-0.25, -0.2) is 0 Å². The highest BCUT2D eigenvalue weighted by Gasteiger charge is 2.36. The molecule has 184 valence electrons. The molecule has 0 spiro atoms. The molecule has 2 fully saturated rings. The van der Waals surface area contributed by atoms with Crippen molar-refractivity contribution in [2.75, 3.05) is 57.3 Å². The summed E-state index contributed by atoms with van der Waals surface area (Å²) in [6.07, 6.45) is 1.61. The van der Waals surface area contributed by atoms with Crippen LogP contribution >= 0.6 is 34.4 Å². The van der Waals surface area contributed by atoms with Crippen molar-refractivity contribution in [2.45, 2.75) is 0 Å². The SMILES string of the molecule is COc1cc(/C=C2/SC(=O)N(CC(=O)Nc3ccccc3N3CCOCC3)C2=O)cc(I)c1OC. The van der Waals surface area contributed by atoms with Crippen LogP contribution in [0.3, 0.4) is 0 Å². The van der Waals surface area contributed by atoms with E-state index in [1.54, 1.807) is 25.3 Å². The van der Waals surface area contributed by atoms with Crippen LogP contribution in [0.15, 0.2) is 41.3 Å². The summed E-state index contributed by atoms with van der Waals surface area (Å²) in [5, 5.41) is 2.36. The third-order valence-corrected chi connectivity index (χ3v) is 7.17. The normalized spacial score (nSPS) is 17.2. The van der Waals surface area contributed by atoms with E-state index in [0.717, 1.165) is 39.0 Å². The number of rotatable bonds is 7. The average molecular weight is 609 g/mol. The zero-order valence-electron chi connectivity index (χ0n) is 19.2. The predicted octanol–water partition coefficient (Wildman–Crippen LogP) is 3.82. The fourth-order valence-corrected chi connectivity index (χ4v) is 5.49. The Bertz CT molecular complexity index is 1180. The molecule has 2 aromatic carbocycles. The molecule has 11 heteroatoms. The molecular weight excluding hydrogens is 585 g/mol. The zero-order chi connectivity index (χ0) is 24.9. The molecule has 35 heavy (non-hydrogen) atoms. The molecule has 2 aromatic rings. The summed E-state index contributed by atoms with van der Waals surface area (Å²) >= 11 is 2.92. The number of nitrogens with one attached hydrogen (secondary N) is 1. The van der Waals surface area contributed by atoms with Crippen LogP contribution in [0.1, 0.15) is 5.56 Å². The van der Waals surface area contributed by atoms with Gasteiger partial charge in [0.2, 0.25) is 5.91 Å². The molecule has 9 nitrogen and oxygen atoms in total. The van der Waals surface area contributed by atoms with E-state index in [9.17, 15) is 14.4 Å². The highest BCUT2D eigenvalue weighted by Crippen LogP contribution is 2.37. The highest BCUT2D eigenvalue weighted by atomic mass is 127. The van der Waals surface area contributed by atoms with E-state index in [1.165, 1.54) is 7.11 Å². The first-order chi connectivity index (χ1) is 16.9. The van der Waals surface area contributed by atoms with E-state index in [-0.39, 0.29) is 11.4 Å². The molecule has 0 unspecified atom stereocenters. The number of hydrogen-bond donors (Lipinski definition) is 1. The van der Waals surface area contributed by atoms with Crippen molar-refractivity contribution < 1.29 is 28.6 Å². The van der Waals surface area contributed by atoms with Gasteiger partial charge in [-0.2, -0.15) is 0 Å². The largest absolute Gasteiger partial charge is 0.493 e. The quantitative estimate of drug-likeness (QED) is 0.374. The lowest BCUT2D eigenvalue weighted by Crippen LogP contribution is -2.38. The minimum absolute atomic E-state index is 0.236. The molecule has 0 aliphatic carbocycles. The Morgan fingerprint density at radius 3 is 2.63 bits per heavy atom. The topological polar surface area (TPSA) is 97.4 Å². The predicted molar refractivity (Wildman–Crippen MR) is 143 cm³/mol. The zero-order valence-corrected chi connectivity index (χ0v) is 22.2. The van der Waals surface area contributed by atoms with Crippen LogP contribution in [0.2, 0.25) is 0 Å². The number of thioether (sulfide) groups is 1. The van der Waals surface area contributed by atoms with Gasteiger partial charge in [-0.1, -0.05) is 12.1 Å². The molecule has 2 aliphatic heterocycles. The van der Waals surface area contributed by atoms with Gasteiger partial charge in [0, 0.05) is 13.1 Å². The fraction of sp³-hybridized carbons (Fsp3) is 0.292. The number of ether oxygens (including phenoxy) is 3. The van der Waals surface area contributed by atoms with Crippen LogP contribution in [0.25, 0.3) is 6.08 Å². The standard InChI is InChI=1S/C24H24IN3O6S/c1-32-19-12-15(11-16(25)22(19)33-2)13-20-23(30)28(24(31)35-20)14-21(29)26-17-5-3-4-6-18(17)27-7-9-34-10-8-27/h3-6,11-13H,7-10,14H2,1-2H3,(H,26,29)/b20-13+. The van der Waals surface area contributed by atoms with Crippen molar-refractivity contribution >= 4 is 68.9 Å². The number of nitrogens with zero attached hydrogens (tertiary/aromatic N) is 2. The van der Waals surface area contributed by atoms with Gasteiger partial charge in [-0.05, 0) is 70.3 Å². The molecule has 3 amide bonds. The van der Waals surface area contributed by atoms with E-state index in [1.807, 2.05) is 24.3 Å². The van der Waals surface area contributed by atoms with Gasteiger partial charge in [-0.3, -0.25) is 19.3 Å². The summed E-state index contributed by atoms with van der Waals surface area (Å²) in [4.78, 5) is 41.6. The number of benzene rings is 2. The summed E-state index contributed by atoms with van der Waals surface area (Å²) < 4.78 is 16.9. The first-order valence-electron chi connectivity index (χ1n) is 10.8. The van der Waals surface area contributed by atoms with Crippen LogP contribution in [0.4, 0.5) is 16.2 Å². The van der Waals surface area contributed by atoms with Gasteiger partial charge in [0.15, 0.2) is 11.5 Å². The van der Waals surface area contributed by atoms with Crippen LogP contribution in [0, 0.1) is 3.57 Å². The molecule has 4 rings (SSSR count). The monoisotopic (exact) mass is 609 g/mol. The molecule has 0 atom stereocenters. The van der Waals surface area contributed by atoms with Crippen LogP contribution in [-0.2, 0) is 14.3 Å². The molecular formula is C24H24IN3O6S. The van der Waals surface area contributed by atoms with E-state index in [0.29, 0.717) is 36.0 Å². The second-order valence-corrected chi connectivity index (χ2v) is 9.83. The Kier molecular flexibility index (Phi) is 8.19. The second-order valence-electron chi connectivity index (χ2n) is 7.67. The molecule has 2 aliphatic rings. The Hall–Kier alpha value is -2.77. The number of hydrogen-bond acceptors (Lipinski definition) is 8. The first kappa shape index (κ1) is 25.3. The van der Waals surface area contributed by atoms with E-state index in [4.69, 9.17) is 14.2 Å². The molecule has 0 radical (unpaired) electrons. The number of amides is 3. The summed E-state index contributed by atoms with van der Waals surface area (Å²) in [5.41, 5.74) is 2.18. The van der Waals surface area contributed by atoms with Crippen molar-refractivity contribution in [1.82, 2.24) is 4.90 Å². The second kappa shape index (κ2) is 11.3. The molecule has 2 heterocycles. The molecule has 0 saturated carbocycles. The number of carbonyl (C=O) groups excluding carboxylic acids is 3. The number of halogens is 1.